The van der Waals surface area contributed by atoms with Gasteiger partial charge in [-0.2, -0.15) is 0 Å². The predicted octanol–water partition coefficient (Wildman–Crippen LogP) is 4.04. The number of para-hydroxylation sites is 1. The van der Waals surface area contributed by atoms with Crippen molar-refractivity contribution >= 4 is 23.0 Å². The van der Waals surface area contributed by atoms with Crippen LogP contribution in [0.2, 0.25) is 0 Å². The third-order valence-electron chi connectivity index (χ3n) is 3.03. The number of aryl methyl sites for hydroxylation is 1. The van der Waals surface area contributed by atoms with Gasteiger partial charge in [-0.25, -0.2) is 0 Å². The minimum Gasteiger partial charge on any atom is -0.356 e. The van der Waals surface area contributed by atoms with Crippen molar-refractivity contribution in [1.29, 1.82) is 0 Å². The van der Waals surface area contributed by atoms with Crippen LogP contribution in [0.3, 0.4) is 0 Å². The molecule has 0 aromatic heterocycles. The maximum absolute atomic E-state index is 5.33. The molecule has 0 saturated heterocycles. The van der Waals surface area contributed by atoms with Gasteiger partial charge < -0.3 is 10.6 Å². The van der Waals surface area contributed by atoms with Gasteiger partial charge in [-0.3, -0.25) is 0 Å². The molecule has 19 heavy (non-hydrogen) atoms. The molecule has 0 bridgehead atoms. The van der Waals surface area contributed by atoms with Crippen LogP contribution in [0.4, 0.5) is 5.69 Å². The maximum Gasteiger partial charge on any atom is 0.171 e. The molecule has 3 heteroatoms. The first-order valence-electron chi connectivity index (χ1n) is 6.35. The number of hydrogen-bond donors (Lipinski definition) is 2. The molecule has 0 unspecified atom stereocenters. The molecule has 0 aliphatic heterocycles. The topological polar surface area (TPSA) is 24.1 Å². The summed E-state index contributed by atoms with van der Waals surface area (Å²) in [6.45, 7) is 4.22. The van der Waals surface area contributed by atoms with Crippen LogP contribution in [-0.4, -0.2) is 5.11 Å². The highest BCUT2D eigenvalue weighted by Gasteiger charge is 2.08. The van der Waals surface area contributed by atoms with Crippen LogP contribution in [0.5, 0.6) is 0 Å². The molecular formula is C16H18N2S. The van der Waals surface area contributed by atoms with Crippen LogP contribution in [0, 0.1) is 6.92 Å². The van der Waals surface area contributed by atoms with E-state index >= 15 is 0 Å². The highest BCUT2D eigenvalue weighted by molar-refractivity contribution is 7.80. The van der Waals surface area contributed by atoms with E-state index in [-0.39, 0.29) is 6.04 Å². The van der Waals surface area contributed by atoms with Gasteiger partial charge >= 0.3 is 0 Å². The van der Waals surface area contributed by atoms with E-state index in [2.05, 4.69) is 36.6 Å². The SMILES string of the molecule is Cc1ccccc1[C@@H](C)NC(=S)Nc1ccccc1. The zero-order valence-corrected chi connectivity index (χ0v) is 12.0. The van der Waals surface area contributed by atoms with E-state index in [1.807, 2.05) is 42.5 Å². The lowest BCUT2D eigenvalue weighted by molar-refractivity contribution is 0.717. The van der Waals surface area contributed by atoms with Crippen molar-refractivity contribution in [1.82, 2.24) is 5.32 Å². The second-order valence-electron chi connectivity index (χ2n) is 4.54. The minimum absolute atomic E-state index is 0.185. The number of hydrogen-bond acceptors (Lipinski definition) is 1. The van der Waals surface area contributed by atoms with Crippen molar-refractivity contribution < 1.29 is 0 Å². The molecule has 1 atom stereocenters. The van der Waals surface area contributed by atoms with E-state index in [4.69, 9.17) is 12.2 Å². The van der Waals surface area contributed by atoms with Crippen molar-refractivity contribution in [2.24, 2.45) is 0 Å². The van der Waals surface area contributed by atoms with E-state index in [1.54, 1.807) is 0 Å². The van der Waals surface area contributed by atoms with Crippen LogP contribution in [0.15, 0.2) is 54.6 Å². The summed E-state index contributed by atoms with van der Waals surface area (Å²) in [5, 5.41) is 7.13. The number of thiocarbonyl (C=S) groups is 1. The van der Waals surface area contributed by atoms with Crippen LogP contribution in [0.1, 0.15) is 24.1 Å². The Kier molecular flexibility index (Phi) is 4.53. The van der Waals surface area contributed by atoms with E-state index in [9.17, 15) is 0 Å². The van der Waals surface area contributed by atoms with Crippen LogP contribution < -0.4 is 10.6 Å². The standard InChI is InChI=1S/C16H18N2S/c1-12-8-6-7-11-15(12)13(2)17-16(19)18-14-9-4-3-5-10-14/h3-11,13H,1-2H3,(H2,17,18,19)/t13-/m1/s1. The van der Waals surface area contributed by atoms with E-state index in [1.165, 1.54) is 11.1 Å². The minimum atomic E-state index is 0.185. The molecule has 0 aliphatic carbocycles. The van der Waals surface area contributed by atoms with Gasteiger partial charge in [0.05, 0.1) is 6.04 Å². The Labute approximate surface area is 119 Å². The van der Waals surface area contributed by atoms with E-state index in [0.29, 0.717) is 5.11 Å². The van der Waals surface area contributed by atoms with Gasteiger partial charge in [0.1, 0.15) is 0 Å². The summed E-state index contributed by atoms with van der Waals surface area (Å²) in [6, 6.07) is 18.5. The van der Waals surface area contributed by atoms with E-state index in [0.717, 1.165) is 5.69 Å². The number of anilines is 1. The molecular weight excluding hydrogens is 252 g/mol. The average molecular weight is 270 g/mol. The lowest BCUT2D eigenvalue weighted by Crippen LogP contribution is -2.31. The second-order valence-corrected chi connectivity index (χ2v) is 4.95. The Hall–Kier alpha value is -1.87. The zero-order valence-electron chi connectivity index (χ0n) is 11.2. The molecule has 0 heterocycles. The summed E-state index contributed by atoms with van der Waals surface area (Å²) >= 11 is 5.33. The second kappa shape index (κ2) is 6.34. The highest BCUT2D eigenvalue weighted by atomic mass is 32.1. The largest absolute Gasteiger partial charge is 0.356 e. The molecule has 2 aromatic rings. The normalized spacial score (nSPS) is 11.7. The maximum atomic E-state index is 5.33. The molecule has 2 N–H and O–H groups in total. The lowest BCUT2D eigenvalue weighted by Gasteiger charge is -2.19. The number of benzene rings is 2. The van der Waals surface area contributed by atoms with E-state index < -0.39 is 0 Å². The Morgan fingerprint density at radius 3 is 2.32 bits per heavy atom. The lowest BCUT2D eigenvalue weighted by atomic mass is 10.0. The van der Waals surface area contributed by atoms with Gasteiger partial charge in [-0.1, -0.05) is 42.5 Å². The first-order valence-corrected chi connectivity index (χ1v) is 6.76. The van der Waals surface area contributed by atoms with Gasteiger partial charge in [0.25, 0.3) is 0 Å². The summed E-state index contributed by atoms with van der Waals surface area (Å²) < 4.78 is 0. The zero-order chi connectivity index (χ0) is 13.7. The van der Waals surface area contributed by atoms with Gasteiger partial charge in [0, 0.05) is 5.69 Å². The third kappa shape index (κ3) is 3.80. The first-order chi connectivity index (χ1) is 9.16. The molecule has 2 aromatic carbocycles. The summed E-state index contributed by atoms with van der Waals surface area (Å²) in [7, 11) is 0. The van der Waals surface area contributed by atoms with Crippen LogP contribution in [0.25, 0.3) is 0 Å². The fourth-order valence-corrected chi connectivity index (χ4v) is 2.33. The molecule has 98 valence electrons. The third-order valence-corrected chi connectivity index (χ3v) is 3.25. The molecule has 2 rings (SSSR count). The van der Waals surface area contributed by atoms with Crippen molar-refractivity contribution in [3.8, 4) is 0 Å². The quantitative estimate of drug-likeness (QED) is 0.823. The fraction of sp³-hybridized carbons (Fsp3) is 0.188. The molecule has 0 saturated carbocycles. The molecule has 0 aliphatic rings. The van der Waals surface area contributed by atoms with Gasteiger partial charge in [-0.05, 0) is 49.3 Å². The summed E-state index contributed by atoms with van der Waals surface area (Å²) in [6.07, 6.45) is 0. The van der Waals surface area contributed by atoms with Gasteiger partial charge in [-0.15, -0.1) is 0 Å². The molecule has 0 radical (unpaired) electrons. The first kappa shape index (κ1) is 13.6. The van der Waals surface area contributed by atoms with Crippen LogP contribution >= 0.6 is 12.2 Å². The van der Waals surface area contributed by atoms with Gasteiger partial charge in [0.15, 0.2) is 5.11 Å². The highest BCUT2D eigenvalue weighted by Crippen LogP contribution is 2.16. The summed E-state index contributed by atoms with van der Waals surface area (Å²) in [5.74, 6) is 0. The fourth-order valence-electron chi connectivity index (χ4n) is 2.04. The van der Waals surface area contributed by atoms with Gasteiger partial charge in [0.2, 0.25) is 0 Å². The molecule has 0 fully saturated rings. The number of rotatable bonds is 3. The monoisotopic (exact) mass is 270 g/mol. The molecule has 0 spiro atoms. The summed E-state index contributed by atoms with van der Waals surface area (Å²) in [5.41, 5.74) is 3.53. The Balaban J connectivity index is 1.98. The van der Waals surface area contributed by atoms with Crippen molar-refractivity contribution in [2.75, 3.05) is 5.32 Å². The Morgan fingerprint density at radius 2 is 1.63 bits per heavy atom. The Bertz CT molecular complexity index is 552. The summed E-state index contributed by atoms with van der Waals surface area (Å²) in [4.78, 5) is 0. The predicted molar refractivity (Wildman–Crippen MR) is 85.4 cm³/mol. The molecule has 2 nitrogen and oxygen atoms in total. The van der Waals surface area contributed by atoms with Crippen molar-refractivity contribution in [3.63, 3.8) is 0 Å². The number of nitrogens with one attached hydrogen (secondary N) is 2. The van der Waals surface area contributed by atoms with Crippen molar-refractivity contribution in [2.45, 2.75) is 19.9 Å². The molecule has 0 amide bonds. The Morgan fingerprint density at radius 1 is 1.00 bits per heavy atom. The average Bonchev–Trinajstić information content (AvgIpc) is 2.40. The smallest absolute Gasteiger partial charge is 0.171 e. The van der Waals surface area contributed by atoms with Crippen LogP contribution in [-0.2, 0) is 0 Å². The van der Waals surface area contributed by atoms with Crippen molar-refractivity contribution in [3.05, 3.63) is 65.7 Å².